The fraction of sp³-hybridized carbons (Fsp3) is 0.294. The monoisotopic (exact) mass is 351 g/mol. The predicted octanol–water partition coefficient (Wildman–Crippen LogP) is 5.08. The Morgan fingerprint density at radius 2 is 1.70 bits per heavy atom. The molecular weight excluding hydrogens is 334 g/mol. The molecule has 2 aromatic carbocycles. The van der Waals surface area contributed by atoms with Gasteiger partial charge in [-0.15, -0.1) is 0 Å². The Bertz CT molecular complexity index is 590. The molecule has 2 aromatic rings. The van der Waals surface area contributed by atoms with Crippen LogP contribution in [-0.2, 0) is 18.4 Å². The van der Waals surface area contributed by atoms with Gasteiger partial charge in [0.25, 0.3) is 0 Å². The fourth-order valence-electron chi connectivity index (χ4n) is 2.36. The van der Waals surface area contributed by atoms with Crippen LogP contribution < -0.4 is 5.73 Å². The molecule has 0 saturated carbocycles. The van der Waals surface area contributed by atoms with Crippen LogP contribution in [0.25, 0.3) is 0 Å². The number of nitrogens with two attached hydrogens (primary N) is 1. The number of hydrogen-bond acceptors (Lipinski definition) is 1. The minimum Gasteiger partial charge on any atom is -0.321 e. The minimum absolute atomic E-state index is 0.481. The molecule has 1 unspecified atom stereocenters. The number of benzene rings is 2. The van der Waals surface area contributed by atoms with Crippen molar-refractivity contribution in [1.29, 1.82) is 0 Å². The van der Waals surface area contributed by atoms with E-state index in [0.717, 1.165) is 22.9 Å². The lowest BCUT2D eigenvalue weighted by Crippen LogP contribution is -2.35. The molecule has 0 aromatic heterocycles. The highest BCUT2D eigenvalue weighted by Gasteiger charge is 2.24. The molecule has 0 spiro atoms. The molecular formula is C17H19BrClN. The van der Waals surface area contributed by atoms with Crippen molar-refractivity contribution >= 4 is 27.5 Å². The molecule has 1 nitrogen and oxygen atoms in total. The van der Waals surface area contributed by atoms with Crippen LogP contribution in [0.2, 0.25) is 5.02 Å². The zero-order valence-corrected chi connectivity index (χ0v) is 14.1. The van der Waals surface area contributed by atoms with Crippen molar-refractivity contribution in [2.45, 2.75) is 32.2 Å². The number of rotatable bonds is 4. The average molecular weight is 353 g/mol. The van der Waals surface area contributed by atoms with E-state index in [1.54, 1.807) is 0 Å². The third-order valence-electron chi connectivity index (χ3n) is 3.55. The summed E-state index contributed by atoms with van der Waals surface area (Å²) in [4.78, 5) is 0. The highest BCUT2D eigenvalue weighted by atomic mass is 79.9. The van der Waals surface area contributed by atoms with Crippen molar-refractivity contribution in [3.8, 4) is 0 Å². The molecule has 0 aliphatic rings. The normalized spacial score (nSPS) is 14.1. The second-order valence-corrected chi connectivity index (χ2v) is 6.71. The molecule has 20 heavy (non-hydrogen) atoms. The van der Waals surface area contributed by atoms with Crippen LogP contribution in [0.4, 0.5) is 0 Å². The number of aryl methyl sites for hydroxylation is 1. The van der Waals surface area contributed by atoms with Crippen LogP contribution in [0.15, 0.2) is 46.9 Å². The van der Waals surface area contributed by atoms with Crippen molar-refractivity contribution < 1.29 is 0 Å². The van der Waals surface area contributed by atoms with Crippen LogP contribution in [0.5, 0.6) is 0 Å². The quantitative estimate of drug-likeness (QED) is 0.815. The predicted molar refractivity (Wildman–Crippen MR) is 90.2 cm³/mol. The maximum atomic E-state index is 6.49. The molecule has 0 aliphatic carbocycles. The first-order valence-electron chi connectivity index (χ1n) is 6.74. The van der Waals surface area contributed by atoms with Gasteiger partial charge in [0.2, 0.25) is 0 Å². The summed E-state index contributed by atoms with van der Waals surface area (Å²) in [6.07, 6.45) is 1.82. The van der Waals surface area contributed by atoms with Gasteiger partial charge >= 0.3 is 0 Å². The summed E-state index contributed by atoms with van der Waals surface area (Å²) in [5.74, 6) is 0. The van der Waals surface area contributed by atoms with E-state index in [1.165, 1.54) is 11.1 Å². The van der Waals surface area contributed by atoms with Gasteiger partial charge in [-0.1, -0.05) is 64.8 Å². The Morgan fingerprint density at radius 3 is 2.25 bits per heavy atom. The lowest BCUT2D eigenvalue weighted by Gasteiger charge is -2.26. The SMILES string of the molecule is CCc1ccc(CC(C)(N)c2ccc(Br)cc2Cl)cc1. The van der Waals surface area contributed by atoms with Gasteiger partial charge in [0.05, 0.1) is 0 Å². The van der Waals surface area contributed by atoms with Crippen molar-refractivity contribution in [1.82, 2.24) is 0 Å². The van der Waals surface area contributed by atoms with E-state index in [1.807, 2.05) is 25.1 Å². The lowest BCUT2D eigenvalue weighted by atomic mass is 9.86. The maximum Gasteiger partial charge on any atom is 0.0467 e. The summed E-state index contributed by atoms with van der Waals surface area (Å²) in [5, 5.41) is 0.703. The van der Waals surface area contributed by atoms with Crippen LogP contribution >= 0.6 is 27.5 Å². The second kappa shape index (κ2) is 6.30. The summed E-state index contributed by atoms with van der Waals surface area (Å²) in [6, 6.07) is 14.5. The molecule has 0 fully saturated rings. The van der Waals surface area contributed by atoms with Gasteiger partial charge in [0.15, 0.2) is 0 Å². The summed E-state index contributed by atoms with van der Waals surface area (Å²) in [7, 11) is 0. The second-order valence-electron chi connectivity index (χ2n) is 5.39. The van der Waals surface area contributed by atoms with E-state index >= 15 is 0 Å². The van der Waals surface area contributed by atoms with E-state index in [4.69, 9.17) is 17.3 Å². The van der Waals surface area contributed by atoms with Crippen molar-refractivity contribution in [2.75, 3.05) is 0 Å². The molecule has 0 amide bonds. The molecule has 0 radical (unpaired) electrons. The highest BCUT2D eigenvalue weighted by molar-refractivity contribution is 9.10. The van der Waals surface area contributed by atoms with Crippen molar-refractivity contribution in [2.24, 2.45) is 5.73 Å². The van der Waals surface area contributed by atoms with Gasteiger partial charge in [-0.2, -0.15) is 0 Å². The molecule has 3 heteroatoms. The summed E-state index contributed by atoms with van der Waals surface area (Å²) in [5.41, 5.74) is 9.55. The third-order valence-corrected chi connectivity index (χ3v) is 4.35. The third kappa shape index (κ3) is 3.63. The van der Waals surface area contributed by atoms with E-state index in [0.29, 0.717) is 5.02 Å². The highest BCUT2D eigenvalue weighted by Crippen LogP contribution is 2.31. The summed E-state index contributed by atoms with van der Waals surface area (Å²) >= 11 is 9.74. The average Bonchev–Trinajstić information content (AvgIpc) is 2.38. The Kier molecular flexibility index (Phi) is 4.90. The lowest BCUT2D eigenvalue weighted by molar-refractivity contribution is 0.491. The zero-order valence-electron chi connectivity index (χ0n) is 11.8. The Balaban J connectivity index is 2.25. The van der Waals surface area contributed by atoms with Crippen molar-refractivity contribution in [3.05, 3.63) is 68.7 Å². The van der Waals surface area contributed by atoms with E-state index in [-0.39, 0.29) is 0 Å². The van der Waals surface area contributed by atoms with Crippen LogP contribution in [0, 0.1) is 0 Å². The smallest absolute Gasteiger partial charge is 0.0467 e. The van der Waals surface area contributed by atoms with Crippen LogP contribution in [0.1, 0.15) is 30.5 Å². The Morgan fingerprint density at radius 1 is 1.10 bits per heavy atom. The topological polar surface area (TPSA) is 26.0 Å². The summed E-state index contributed by atoms with van der Waals surface area (Å²) in [6.45, 7) is 4.18. The van der Waals surface area contributed by atoms with E-state index < -0.39 is 5.54 Å². The first kappa shape index (κ1) is 15.6. The molecule has 0 bridgehead atoms. The maximum absolute atomic E-state index is 6.49. The van der Waals surface area contributed by atoms with Gasteiger partial charge in [0.1, 0.15) is 0 Å². The van der Waals surface area contributed by atoms with Gasteiger partial charge < -0.3 is 5.73 Å². The standard InChI is InChI=1S/C17H19BrClN/c1-3-12-4-6-13(7-5-12)11-17(2,20)15-9-8-14(18)10-16(15)19/h4-10H,3,11,20H2,1-2H3. The first-order chi connectivity index (χ1) is 9.42. The van der Waals surface area contributed by atoms with Crippen LogP contribution in [0.3, 0.4) is 0 Å². The molecule has 0 aliphatic heterocycles. The van der Waals surface area contributed by atoms with Gasteiger partial charge in [0, 0.05) is 15.0 Å². The molecule has 1 atom stereocenters. The Labute approximate surface area is 134 Å². The molecule has 2 N–H and O–H groups in total. The largest absolute Gasteiger partial charge is 0.321 e. The molecule has 106 valence electrons. The molecule has 2 rings (SSSR count). The molecule has 0 saturated heterocycles. The first-order valence-corrected chi connectivity index (χ1v) is 7.91. The molecule has 0 heterocycles. The van der Waals surface area contributed by atoms with E-state index in [9.17, 15) is 0 Å². The number of halogens is 2. The Hall–Kier alpha value is -0.830. The van der Waals surface area contributed by atoms with Gasteiger partial charge in [-0.3, -0.25) is 0 Å². The van der Waals surface area contributed by atoms with Gasteiger partial charge in [-0.25, -0.2) is 0 Å². The fourth-order valence-corrected chi connectivity index (χ4v) is 3.25. The minimum atomic E-state index is -0.481. The van der Waals surface area contributed by atoms with E-state index in [2.05, 4.69) is 47.1 Å². The number of hydrogen-bond donors (Lipinski definition) is 1. The van der Waals surface area contributed by atoms with Crippen molar-refractivity contribution in [3.63, 3.8) is 0 Å². The van der Waals surface area contributed by atoms with Crippen LogP contribution in [-0.4, -0.2) is 0 Å². The zero-order chi connectivity index (χ0) is 14.8. The van der Waals surface area contributed by atoms with Gasteiger partial charge in [-0.05, 0) is 48.6 Å². The summed E-state index contributed by atoms with van der Waals surface area (Å²) < 4.78 is 0.967.